The number of ether oxygens (including phenoxy) is 1. The van der Waals surface area contributed by atoms with Crippen LogP contribution in [-0.4, -0.2) is 34.1 Å². The van der Waals surface area contributed by atoms with Crippen LogP contribution in [0.4, 0.5) is 5.00 Å². The Kier molecular flexibility index (Phi) is 5.60. The lowest BCUT2D eigenvalue weighted by Gasteiger charge is -2.13. The molecule has 1 unspecified atom stereocenters. The lowest BCUT2D eigenvalue weighted by Crippen LogP contribution is -2.30. The van der Waals surface area contributed by atoms with Crippen LogP contribution in [0.25, 0.3) is 11.3 Å². The van der Waals surface area contributed by atoms with E-state index in [1.165, 1.54) is 18.3 Å². The zero-order valence-corrected chi connectivity index (χ0v) is 18.0. The molecule has 2 heterocycles. The number of carbonyl (C=O) groups excluding carboxylic acids is 3. The first kappa shape index (κ1) is 20.8. The molecule has 2 aromatic heterocycles. The molecule has 160 valence electrons. The third kappa shape index (κ3) is 4.22. The predicted molar refractivity (Wildman–Crippen MR) is 117 cm³/mol. The van der Waals surface area contributed by atoms with Gasteiger partial charge in [-0.05, 0) is 44.7 Å². The molecule has 0 saturated carbocycles. The summed E-state index contributed by atoms with van der Waals surface area (Å²) < 4.78 is 5.28. The number of aryl methyl sites for hydroxylation is 2. The maximum Gasteiger partial charge on any atom is 0.357 e. The number of hydrogen-bond acceptors (Lipinski definition) is 6. The van der Waals surface area contributed by atoms with E-state index in [9.17, 15) is 14.4 Å². The number of carbonyl (C=O) groups is 3. The molecule has 1 aliphatic carbocycles. The molecule has 1 aliphatic rings. The molecule has 4 N–H and O–H groups in total. The Morgan fingerprint density at radius 2 is 1.97 bits per heavy atom. The van der Waals surface area contributed by atoms with Crippen LogP contribution < -0.4 is 11.1 Å². The van der Waals surface area contributed by atoms with Gasteiger partial charge in [-0.3, -0.25) is 14.7 Å². The Hall–Kier alpha value is -3.46. The van der Waals surface area contributed by atoms with Crippen molar-refractivity contribution in [2.75, 3.05) is 5.32 Å². The van der Waals surface area contributed by atoms with Crippen molar-refractivity contribution in [1.82, 2.24) is 10.2 Å². The van der Waals surface area contributed by atoms with Gasteiger partial charge in [0, 0.05) is 10.4 Å². The average Bonchev–Trinajstić information content (AvgIpc) is 3.44. The van der Waals surface area contributed by atoms with Crippen LogP contribution in [0.1, 0.15) is 50.2 Å². The lowest BCUT2D eigenvalue weighted by atomic mass is 10.1. The van der Waals surface area contributed by atoms with Gasteiger partial charge in [-0.2, -0.15) is 5.10 Å². The van der Waals surface area contributed by atoms with E-state index in [2.05, 4.69) is 15.5 Å². The van der Waals surface area contributed by atoms with Gasteiger partial charge in [-0.15, -0.1) is 11.3 Å². The number of nitrogens with zero attached hydrogens (tertiary/aromatic N) is 1. The second-order valence-electron chi connectivity index (χ2n) is 7.50. The van der Waals surface area contributed by atoms with Gasteiger partial charge in [0.15, 0.2) is 6.10 Å². The Morgan fingerprint density at radius 3 is 2.68 bits per heavy atom. The van der Waals surface area contributed by atoms with Crippen LogP contribution in [0.5, 0.6) is 0 Å². The van der Waals surface area contributed by atoms with E-state index in [4.69, 9.17) is 10.5 Å². The lowest BCUT2D eigenvalue weighted by molar-refractivity contribution is -0.123. The number of fused-ring (bicyclic) bond motifs is 1. The van der Waals surface area contributed by atoms with E-state index in [-0.39, 0.29) is 5.69 Å². The third-order valence-corrected chi connectivity index (χ3v) is 6.41. The van der Waals surface area contributed by atoms with Crippen molar-refractivity contribution in [2.45, 2.75) is 39.2 Å². The minimum Gasteiger partial charge on any atom is -0.448 e. The number of rotatable bonds is 6. The summed E-state index contributed by atoms with van der Waals surface area (Å²) in [7, 11) is 0. The van der Waals surface area contributed by atoms with Crippen LogP contribution >= 0.6 is 11.3 Å². The number of aromatic amines is 1. The number of benzene rings is 1. The van der Waals surface area contributed by atoms with Gasteiger partial charge in [0.25, 0.3) is 11.8 Å². The summed E-state index contributed by atoms with van der Waals surface area (Å²) in [6, 6.07) is 9.30. The summed E-state index contributed by atoms with van der Waals surface area (Å²) in [5.41, 5.74) is 9.52. The standard InChI is InChI=1S/C22H22N4O4S/c1-11-6-8-13(9-7-11)15-10-16(26-25-15)22(29)30-12(2)20(28)24-21-18(19(23)27)14-4-3-5-17(14)31-21/h6-10,12H,3-5H2,1-2H3,(H2,23,27)(H,24,28)(H,25,26). The second kappa shape index (κ2) is 8.35. The Balaban J connectivity index is 1.42. The zero-order chi connectivity index (χ0) is 22.1. The van der Waals surface area contributed by atoms with Crippen LogP contribution in [0, 0.1) is 6.92 Å². The van der Waals surface area contributed by atoms with Crippen molar-refractivity contribution in [3.05, 3.63) is 57.6 Å². The molecule has 0 spiro atoms. The molecule has 0 fully saturated rings. The van der Waals surface area contributed by atoms with Crippen LogP contribution in [0.15, 0.2) is 30.3 Å². The van der Waals surface area contributed by atoms with Gasteiger partial charge in [-0.25, -0.2) is 4.79 Å². The average molecular weight is 439 g/mol. The van der Waals surface area contributed by atoms with Gasteiger partial charge in [-0.1, -0.05) is 29.8 Å². The number of aromatic nitrogens is 2. The maximum absolute atomic E-state index is 12.6. The molecule has 1 aromatic carbocycles. The monoisotopic (exact) mass is 438 g/mol. The quantitative estimate of drug-likeness (QED) is 0.509. The van der Waals surface area contributed by atoms with E-state index in [0.29, 0.717) is 16.3 Å². The highest BCUT2D eigenvalue weighted by atomic mass is 32.1. The molecule has 3 aromatic rings. The van der Waals surface area contributed by atoms with E-state index in [1.807, 2.05) is 31.2 Å². The molecular weight excluding hydrogens is 416 g/mol. The largest absolute Gasteiger partial charge is 0.448 e. The zero-order valence-electron chi connectivity index (χ0n) is 17.2. The van der Waals surface area contributed by atoms with Crippen molar-refractivity contribution >= 4 is 34.1 Å². The van der Waals surface area contributed by atoms with E-state index in [0.717, 1.165) is 40.8 Å². The second-order valence-corrected chi connectivity index (χ2v) is 8.60. The van der Waals surface area contributed by atoms with Gasteiger partial charge >= 0.3 is 5.97 Å². The number of thiophene rings is 1. The Bertz CT molecular complexity index is 1160. The third-order valence-electron chi connectivity index (χ3n) is 5.20. The first-order chi connectivity index (χ1) is 14.8. The summed E-state index contributed by atoms with van der Waals surface area (Å²) >= 11 is 1.35. The number of H-pyrrole nitrogens is 1. The topological polar surface area (TPSA) is 127 Å². The summed E-state index contributed by atoms with van der Waals surface area (Å²) in [4.78, 5) is 38.0. The fourth-order valence-electron chi connectivity index (χ4n) is 3.54. The first-order valence-electron chi connectivity index (χ1n) is 9.92. The molecule has 8 nitrogen and oxygen atoms in total. The highest BCUT2D eigenvalue weighted by Crippen LogP contribution is 2.38. The van der Waals surface area contributed by atoms with Crippen LogP contribution in [0.2, 0.25) is 0 Å². The van der Waals surface area contributed by atoms with Crippen LogP contribution in [0.3, 0.4) is 0 Å². The molecular formula is C22H22N4O4S. The number of anilines is 1. The fourth-order valence-corrected chi connectivity index (χ4v) is 4.84. The van der Waals surface area contributed by atoms with Crippen molar-refractivity contribution in [2.24, 2.45) is 5.73 Å². The molecule has 0 radical (unpaired) electrons. The molecule has 31 heavy (non-hydrogen) atoms. The van der Waals surface area contributed by atoms with Crippen LogP contribution in [-0.2, 0) is 22.4 Å². The highest BCUT2D eigenvalue weighted by Gasteiger charge is 2.28. The van der Waals surface area contributed by atoms with Crippen molar-refractivity contribution in [1.29, 1.82) is 0 Å². The minimum absolute atomic E-state index is 0.142. The SMILES string of the molecule is Cc1ccc(-c2cc(C(=O)OC(C)C(=O)Nc3sc4c(c3C(N)=O)CCC4)[nH]n2)cc1. The number of nitrogens with one attached hydrogen (secondary N) is 2. The highest BCUT2D eigenvalue weighted by molar-refractivity contribution is 7.17. The van der Waals surface area contributed by atoms with Gasteiger partial charge in [0.2, 0.25) is 0 Å². The maximum atomic E-state index is 12.6. The number of hydrogen-bond donors (Lipinski definition) is 3. The minimum atomic E-state index is -1.07. The predicted octanol–water partition coefficient (Wildman–Crippen LogP) is 3.22. The molecule has 0 aliphatic heterocycles. The Labute approximate surface area is 182 Å². The normalized spacial score (nSPS) is 13.5. The summed E-state index contributed by atoms with van der Waals surface area (Å²) in [5.74, 6) is -1.80. The molecule has 0 bridgehead atoms. The van der Waals surface area contributed by atoms with E-state index < -0.39 is 23.9 Å². The van der Waals surface area contributed by atoms with Gasteiger partial charge < -0.3 is 15.8 Å². The smallest absolute Gasteiger partial charge is 0.357 e. The summed E-state index contributed by atoms with van der Waals surface area (Å²) in [6.45, 7) is 3.45. The fraction of sp³-hybridized carbons (Fsp3) is 0.273. The number of esters is 1. The van der Waals surface area contributed by atoms with Crippen molar-refractivity contribution in [3.8, 4) is 11.3 Å². The van der Waals surface area contributed by atoms with E-state index in [1.54, 1.807) is 6.07 Å². The molecule has 1 atom stereocenters. The van der Waals surface area contributed by atoms with E-state index >= 15 is 0 Å². The summed E-state index contributed by atoms with van der Waals surface area (Å²) in [6.07, 6.45) is 1.53. The van der Waals surface area contributed by atoms with Crippen molar-refractivity contribution < 1.29 is 19.1 Å². The molecule has 0 saturated heterocycles. The Morgan fingerprint density at radius 1 is 1.23 bits per heavy atom. The summed E-state index contributed by atoms with van der Waals surface area (Å²) in [5, 5.41) is 9.89. The number of amides is 2. The molecule has 4 rings (SSSR count). The van der Waals surface area contributed by atoms with Gasteiger partial charge in [0.05, 0.1) is 11.3 Å². The first-order valence-corrected chi connectivity index (χ1v) is 10.7. The number of nitrogens with two attached hydrogens (primary N) is 1. The number of primary amides is 1. The molecule has 9 heteroatoms. The molecule has 2 amide bonds. The van der Waals surface area contributed by atoms with Crippen molar-refractivity contribution in [3.63, 3.8) is 0 Å². The van der Waals surface area contributed by atoms with Gasteiger partial charge in [0.1, 0.15) is 10.7 Å².